The molecule has 82 valence electrons. The number of hydrogen-bond donors (Lipinski definition) is 1. The zero-order valence-electron chi connectivity index (χ0n) is 8.66. The number of alkyl halides is 1. The molecule has 1 N–H and O–H groups in total. The number of hydrogen-bond acceptors (Lipinski definition) is 3. The summed E-state index contributed by atoms with van der Waals surface area (Å²) in [6, 6.07) is -0.732. The van der Waals surface area contributed by atoms with E-state index in [2.05, 4.69) is 0 Å². The Morgan fingerprint density at radius 1 is 1.64 bits per heavy atom. The van der Waals surface area contributed by atoms with E-state index in [1.54, 1.807) is 20.8 Å². The predicted molar refractivity (Wildman–Crippen MR) is 48.7 cm³/mol. The lowest BCUT2D eigenvalue weighted by Crippen LogP contribution is -2.62. The Kier molecular flexibility index (Phi) is 2.99. The average molecular weight is 205 g/mol. The molecule has 1 saturated heterocycles. The number of halogens is 1. The number of ether oxygens (including phenoxy) is 1. The number of aliphatic hydroxyl groups excluding tert-OH is 1. The molecule has 0 aromatic heterocycles. The van der Waals surface area contributed by atoms with Gasteiger partial charge in [0.25, 0.3) is 0 Å². The second kappa shape index (κ2) is 3.73. The van der Waals surface area contributed by atoms with Gasteiger partial charge in [0.2, 0.25) is 0 Å². The Morgan fingerprint density at radius 2 is 2.21 bits per heavy atom. The van der Waals surface area contributed by atoms with Crippen LogP contribution in [-0.4, -0.2) is 47.1 Å². The fourth-order valence-electron chi connectivity index (χ4n) is 1.25. The van der Waals surface area contributed by atoms with Crippen LogP contribution in [0.1, 0.15) is 20.8 Å². The molecular formula is C9H16FNO3. The van der Waals surface area contributed by atoms with Gasteiger partial charge in [-0.3, -0.25) is 4.90 Å². The Bertz CT molecular complexity index is 227. The largest absolute Gasteiger partial charge is 0.444 e. The van der Waals surface area contributed by atoms with E-state index in [1.165, 1.54) is 4.90 Å². The molecule has 1 fully saturated rings. The van der Waals surface area contributed by atoms with Crippen LogP contribution >= 0.6 is 0 Å². The highest BCUT2D eigenvalue weighted by Gasteiger charge is 2.43. The quantitative estimate of drug-likeness (QED) is 0.693. The van der Waals surface area contributed by atoms with Crippen LogP contribution in [0.25, 0.3) is 0 Å². The number of nitrogens with zero attached hydrogens (tertiary/aromatic N) is 1. The Hall–Kier alpha value is -0.840. The molecule has 5 heteroatoms. The highest BCUT2D eigenvalue weighted by Crippen LogP contribution is 2.23. The van der Waals surface area contributed by atoms with Gasteiger partial charge in [-0.2, -0.15) is 0 Å². The van der Waals surface area contributed by atoms with Crippen molar-refractivity contribution in [1.82, 2.24) is 4.90 Å². The molecule has 0 unspecified atom stereocenters. The molecule has 0 aromatic carbocycles. The zero-order valence-corrected chi connectivity index (χ0v) is 8.66. The summed E-state index contributed by atoms with van der Waals surface area (Å²) in [6.07, 6.45) is -1.70. The summed E-state index contributed by atoms with van der Waals surface area (Å²) >= 11 is 0. The van der Waals surface area contributed by atoms with Crippen molar-refractivity contribution in [2.45, 2.75) is 38.6 Å². The molecule has 4 nitrogen and oxygen atoms in total. The van der Waals surface area contributed by atoms with Crippen molar-refractivity contribution in [2.75, 3.05) is 13.2 Å². The van der Waals surface area contributed by atoms with Crippen LogP contribution in [0.15, 0.2) is 0 Å². The molecule has 0 aromatic rings. The lowest BCUT2D eigenvalue weighted by atomic mass is 10.0. The average Bonchev–Trinajstić information content (AvgIpc) is 1.97. The minimum Gasteiger partial charge on any atom is -0.444 e. The third-order valence-corrected chi connectivity index (χ3v) is 2.00. The minimum absolute atomic E-state index is 0.0140. The standard InChI is InChI=1S/C9H16FNO3/c1-9(2,3)14-8(13)11-4-6(10)7(11)5-12/h6-7,12H,4-5H2,1-3H3/t6-,7+/m0/s1. The van der Waals surface area contributed by atoms with E-state index >= 15 is 0 Å². The van der Waals surface area contributed by atoms with Gasteiger partial charge in [-0.15, -0.1) is 0 Å². The number of carbonyl (C=O) groups excluding carboxylic acids is 1. The van der Waals surface area contributed by atoms with Crippen LogP contribution in [0, 0.1) is 0 Å². The first-order valence-electron chi connectivity index (χ1n) is 4.59. The molecule has 1 amide bonds. The fraction of sp³-hybridized carbons (Fsp3) is 0.889. The summed E-state index contributed by atoms with van der Waals surface area (Å²) in [5.74, 6) is 0. The van der Waals surface area contributed by atoms with Gasteiger partial charge in [-0.05, 0) is 20.8 Å². The summed E-state index contributed by atoms with van der Waals surface area (Å²) in [5, 5.41) is 8.78. The van der Waals surface area contributed by atoms with E-state index in [0.29, 0.717) is 0 Å². The normalized spacial score (nSPS) is 27.1. The maximum atomic E-state index is 12.8. The summed E-state index contributed by atoms with van der Waals surface area (Å²) in [4.78, 5) is 12.6. The summed E-state index contributed by atoms with van der Waals surface area (Å²) < 4.78 is 17.8. The van der Waals surface area contributed by atoms with Crippen molar-refractivity contribution < 1.29 is 19.0 Å². The first kappa shape index (κ1) is 11.2. The molecular weight excluding hydrogens is 189 g/mol. The van der Waals surface area contributed by atoms with E-state index in [4.69, 9.17) is 9.84 Å². The molecule has 1 rings (SSSR count). The van der Waals surface area contributed by atoms with Crippen LogP contribution in [-0.2, 0) is 4.74 Å². The molecule has 2 atom stereocenters. The molecule has 0 saturated carbocycles. The van der Waals surface area contributed by atoms with Gasteiger partial charge >= 0.3 is 6.09 Å². The highest BCUT2D eigenvalue weighted by molar-refractivity contribution is 5.70. The van der Waals surface area contributed by atoms with Crippen LogP contribution in [0.3, 0.4) is 0 Å². The summed E-state index contributed by atoms with van der Waals surface area (Å²) in [6.45, 7) is 4.88. The zero-order chi connectivity index (χ0) is 10.9. The molecule has 0 bridgehead atoms. The van der Waals surface area contributed by atoms with E-state index in [9.17, 15) is 9.18 Å². The van der Waals surface area contributed by atoms with Crippen LogP contribution in [0.5, 0.6) is 0 Å². The molecule has 1 heterocycles. The Labute approximate surface area is 82.6 Å². The number of carbonyl (C=O) groups is 1. The number of aliphatic hydroxyl groups is 1. The van der Waals surface area contributed by atoms with E-state index in [0.717, 1.165) is 0 Å². The van der Waals surface area contributed by atoms with Gasteiger partial charge in [-0.1, -0.05) is 0 Å². The van der Waals surface area contributed by atoms with E-state index in [-0.39, 0.29) is 13.2 Å². The third kappa shape index (κ3) is 2.35. The highest BCUT2D eigenvalue weighted by atomic mass is 19.1. The lowest BCUT2D eigenvalue weighted by molar-refractivity contribution is -0.0556. The monoisotopic (exact) mass is 205 g/mol. The van der Waals surface area contributed by atoms with Gasteiger partial charge < -0.3 is 9.84 Å². The Morgan fingerprint density at radius 3 is 2.57 bits per heavy atom. The first-order valence-corrected chi connectivity index (χ1v) is 4.59. The maximum absolute atomic E-state index is 12.8. The first-order chi connectivity index (χ1) is 6.35. The van der Waals surface area contributed by atoms with Gasteiger partial charge in [0, 0.05) is 0 Å². The van der Waals surface area contributed by atoms with Crippen molar-refractivity contribution in [2.24, 2.45) is 0 Å². The van der Waals surface area contributed by atoms with Crippen molar-refractivity contribution in [3.05, 3.63) is 0 Å². The van der Waals surface area contributed by atoms with Crippen molar-refractivity contribution >= 4 is 6.09 Å². The van der Waals surface area contributed by atoms with Gasteiger partial charge in [0.05, 0.1) is 19.2 Å². The second-order valence-electron chi connectivity index (χ2n) is 4.40. The van der Waals surface area contributed by atoms with Crippen LogP contribution in [0.4, 0.5) is 9.18 Å². The molecule has 1 aliphatic rings. The fourth-order valence-corrected chi connectivity index (χ4v) is 1.25. The van der Waals surface area contributed by atoms with Crippen molar-refractivity contribution in [3.8, 4) is 0 Å². The summed E-state index contributed by atoms with van der Waals surface area (Å²) in [5.41, 5.74) is -0.585. The topological polar surface area (TPSA) is 49.8 Å². The van der Waals surface area contributed by atoms with Crippen molar-refractivity contribution in [1.29, 1.82) is 0 Å². The molecule has 0 spiro atoms. The minimum atomic E-state index is -1.13. The smallest absolute Gasteiger partial charge is 0.410 e. The second-order valence-corrected chi connectivity index (χ2v) is 4.40. The SMILES string of the molecule is CC(C)(C)OC(=O)N1C[C@H](F)[C@H]1CO. The third-order valence-electron chi connectivity index (χ3n) is 2.00. The lowest BCUT2D eigenvalue weighted by Gasteiger charge is -2.42. The van der Waals surface area contributed by atoms with Gasteiger partial charge in [-0.25, -0.2) is 9.18 Å². The number of likely N-dealkylation sites (tertiary alicyclic amines) is 1. The predicted octanol–water partition coefficient (Wildman–Crippen LogP) is 0.936. The van der Waals surface area contributed by atoms with Gasteiger partial charge in [0.1, 0.15) is 11.8 Å². The molecule has 0 radical (unpaired) electrons. The van der Waals surface area contributed by atoms with Crippen LogP contribution < -0.4 is 0 Å². The Balaban J connectivity index is 2.47. The maximum Gasteiger partial charge on any atom is 0.410 e. The van der Waals surface area contributed by atoms with Crippen LogP contribution in [0.2, 0.25) is 0 Å². The number of amides is 1. The molecule has 14 heavy (non-hydrogen) atoms. The molecule has 1 aliphatic heterocycles. The van der Waals surface area contributed by atoms with Crippen molar-refractivity contribution in [3.63, 3.8) is 0 Å². The van der Waals surface area contributed by atoms with E-state index < -0.39 is 23.9 Å². The van der Waals surface area contributed by atoms with Gasteiger partial charge in [0.15, 0.2) is 0 Å². The number of rotatable bonds is 1. The van der Waals surface area contributed by atoms with E-state index in [1.807, 2.05) is 0 Å². The molecule has 0 aliphatic carbocycles. The summed E-state index contributed by atoms with van der Waals surface area (Å²) in [7, 11) is 0.